The first-order valence-electron chi connectivity index (χ1n) is 5.09. The summed E-state index contributed by atoms with van der Waals surface area (Å²) in [5, 5.41) is 7.58. The fourth-order valence-corrected chi connectivity index (χ4v) is 2.56. The number of hydrogen-bond acceptors (Lipinski definition) is 4. The van der Waals surface area contributed by atoms with Gasteiger partial charge in [-0.3, -0.25) is 9.82 Å². The number of sulfonamides is 1. The first-order valence-corrected chi connectivity index (χ1v) is 6.58. The number of nitrogens with zero attached hydrogens (tertiary/aromatic N) is 2. The summed E-state index contributed by atoms with van der Waals surface area (Å²) in [6.07, 6.45) is 4.23. The lowest BCUT2D eigenvalue weighted by Gasteiger charge is -2.05. The summed E-state index contributed by atoms with van der Waals surface area (Å²) in [4.78, 5) is 6.23. The van der Waals surface area contributed by atoms with Crippen molar-refractivity contribution in [2.75, 3.05) is 4.72 Å². The topological polar surface area (TPSA) is 104 Å². The molecule has 0 spiro atoms. The predicted molar refractivity (Wildman–Crippen MR) is 65.5 cm³/mol. The number of nitrogens with one attached hydrogen (secondary N) is 3. The molecule has 0 atom stereocenters. The number of H-pyrrole nitrogens is 2. The summed E-state index contributed by atoms with van der Waals surface area (Å²) < 4.78 is 26.3. The van der Waals surface area contributed by atoms with Crippen molar-refractivity contribution in [1.82, 2.24) is 20.2 Å². The predicted octanol–water partition coefficient (Wildman–Crippen LogP) is 1.09. The van der Waals surface area contributed by atoms with E-state index in [0.717, 1.165) is 10.9 Å². The number of rotatable bonds is 3. The Morgan fingerprint density at radius 2 is 2.11 bits per heavy atom. The lowest BCUT2D eigenvalue weighted by atomic mass is 10.2. The molecule has 0 fully saturated rings. The Morgan fingerprint density at radius 3 is 2.89 bits per heavy atom. The zero-order valence-corrected chi connectivity index (χ0v) is 9.90. The third kappa shape index (κ3) is 1.82. The van der Waals surface area contributed by atoms with Gasteiger partial charge >= 0.3 is 0 Å². The van der Waals surface area contributed by atoms with Crippen molar-refractivity contribution in [3.8, 4) is 0 Å². The second-order valence-corrected chi connectivity index (χ2v) is 5.34. The zero-order chi connectivity index (χ0) is 12.6. The molecule has 0 radical (unpaired) electrons. The average molecular weight is 263 g/mol. The smallest absolute Gasteiger partial charge is 0.278 e. The molecule has 0 saturated carbocycles. The summed E-state index contributed by atoms with van der Waals surface area (Å²) in [6.45, 7) is 0. The van der Waals surface area contributed by atoms with Gasteiger partial charge < -0.3 is 4.98 Å². The lowest BCUT2D eigenvalue weighted by molar-refractivity contribution is 0.598. The molecule has 3 N–H and O–H groups in total. The van der Waals surface area contributed by atoms with Crippen LogP contribution < -0.4 is 4.72 Å². The van der Waals surface area contributed by atoms with Crippen LogP contribution in [0.3, 0.4) is 0 Å². The van der Waals surface area contributed by atoms with Crippen LogP contribution in [-0.2, 0) is 10.0 Å². The summed E-state index contributed by atoms with van der Waals surface area (Å²) in [5.41, 5.74) is 1.22. The summed E-state index contributed by atoms with van der Waals surface area (Å²) >= 11 is 0. The van der Waals surface area contributed by atoms with E-state index in [2.05, 4.69) is 24.9 Å². The minimum atomic E-state index is -3.62. The molecule has 8 heteroatoms. The van der Waals surface area contributed by atoms with E-state index in [1.54, 1.807) is 24.4 Å². The summed E-state index contributed by atoms with van der Waals surface area (Å²) in [6, 6.07) is 5.13. The minimum Gasteiger partial charge on any atom is -0.334 e. The molecule has 0 unspecified atom stereocenters. The Balaban J connectivity index is 1.97. The lowest BCUT2D eigenvalue weighted by Crippen LogP contribution is -2.13. The van der Waals surface area contributed by atoms with Crippen LogP contribution in [0.25, 0.3) is 10.9 Å². The first-order chi connectivity index (χ1) is 8.65. The third-order valence-corrected chi connectivity index (χ3v) is 3.76. The Bertz CT molecular complexity index is 776. The number of aromatic amines is 2. The molecule has 0 saturated heterocycles. The third-order valence-electron chi connectivity index (χ3n) is 2.46. The van der Waals surface area contributed by atoms with E-state index in [0.29, 0.717) is 5.69 Å². The molecule has 0 aliphatic heterocycles. The van der Waals surface area contributed by atoms with E-state index in [9.17, 15) is 8.42 Å². The Hall–Kier alpha value is -2.35. The first kappa shape index (κ1) is 10.8. The monoisotopic (exact) mass is 263 g/mol. The van der Waals surface area contributed by atoms with E-state index in [1.165, 1.54) is 12.5 Å². The maximum absolute atomic E-state index is 11.9. The largest absolute Gasteiger partial charge is 0.334 e. The number of imidazole rings is 1. The van der Waals surface area contributed by atoms with Gasteiger partial charge in [0, 0.05) is 5.39 Å². The van der Waals surface area contributed by atoms with Crippen molar-refractivity contribution in [2.45, 2.75) is 5.03 Å². The van der Waals surface area contributed by atoms with Crippen LogP contribution >= 0.6 is 0 Å². The van der Waals surface area contributed by atoms with E-state index < -0.39 is 10.0 Å². The summed E-state index contributed by atoms with van der Waals surface area (Å²) in [5.74, 6) is 0. The molecule has 92 valence electrons. The molecular weight excluding hydrogens is 254 g/mol. The minimum absolute atomic E-state index is 0.0206. The van der Waals surface area contributed by atoms with Crippen LogP contribution in [0.5, 0.6) is 0 Å². The number of hydrogen-bond donors (Lipinski definition) is 3. The Kier molecular flexibility index (Phi) is 2.30. The van der Waals surface area contributed by atoms with Gasteiger partial charge in [-0.2, -0.15) is 13.5 Å². The van der Waals surface area contributed by atoms with Gasteiger partial charge in [0.05, 0.1) is 29.9 Å². The zero-order valence-electron chi connectivity index (χ0n) is 9.08. The van der Waals surface area contributed by atoms with Gasteiger partial charge in [-0.25, -0.2) is 4.98 Å². The van der Waals surface area contributed by atoms with Crippen LogP contribution in [0.1, 0.15) is 0 Å². The van der Waals surface area contributed by atoms with Gasteiger partial charge in [-0.1, -0.05) is 0 Å². The molecule has 2 heterocycles. The summed E-state index contributed by atoms with van der Waals surface area (Å²) in [7, 11) is -3.62. The molecular formula is C10H9N5O2S. The maximum Gasteiger partial charge on any atom is 0.278 e. The molecule has 18 heavy (non-hydrogen) atoms. The second kappa shape index (κ2) is 3.84. The number of benzene rings is 1. The number of fused-ring (bicyclic) bond motifs is 1. The van der Waals surface area contributed by atoms with Crippen molar-refractivity contribution >= 4 is 26.6 Å². The quantitative estimate of drug-likeness (QED) is 0.658. The van der Waals surface area contributed by atoms with Crippen LogP contribution in [0, 0.1) is 0 Å². The highest BCUT2D eigenvalue weighted by atomic mass is 32.2. The SMILES string of the molecule is O=S(=O)(Nc1ccc2cn[nH]c2c1)c1cnc[nH]1. The highest BCUT2D eigenvalue weighted by Crippen LogP contribution is 2.19. The van der Waals surface area contributed by atoms with Gasteiger partial charge in [0.1, 0.15) is 0 Å². The van der Waals surface area contributed by atoms with Crippen LogP contribution in [0.4, 0.5) is 5.69 Å². The van der Waals surface area contributed by atoms with Gasteiger partial charge in [0.15, 0.2) is 5.03 Å². The normalized spacial score (nSPS) is 11.8. The molecule has 7 nitrogen and oxygen atoms in total. The second-order valence-electron chi connectivity index (χ2n) is 3.69. The molecule has 0 aliphatic carbocycles. The molecule has 0 bridgehead atoms. The molecule has 1 aromatic carbocycles. The fourth-order valence-electron chi connectivity index (χ4n) is 1.60. The number of aromatic nitrogens is 4. The molecule has 3 rings (SSSR count). The van der Waals surface area contributed by atoms with Gasteiger partial charge in [0.2, 0.25) is 0 Å². The molecule has 2 aromatic heterocycles. The van der Waals surface area contributed by atoms with Gasteiger partial charge in [-0.05, 0) is 18.2 Å². The highest BCUT2D eigenvalue weighted by Gasteiger charge is 2.15. The highest BCUT2D eigenvalue weighted by molar-refractivity contribution is 7.92. The van der Waals surface area contributed by atoms with Crippen LogP contribution in [-0.4, -0.2) is 28.6 Å². The van der Waals surface area contributed by atoms with Gasteiger partial charge in [-0.15, -0.1) is 0 Å². The molecule has 3 aromatic rings. The molecule has 0 amide bonds. The van der Waals surface area contributed by atoms with Crippen molar-refractivity contribution in [1.29, 1.82) is 0 Å². The standard InChI is InChI=1S/C10H9N5O2S/c16-18(17,10-5-11-6-12-10)15-8-2-1-7-4-13-14-9(7)3-8/h1-6,15H,(H,11,12)(H,13,14). The van der Waals surface area contributed by atoms with E-state index in [4.69, 9.17) is 0 Å². The Labute approximate surface area is 102 Å². The maximum atomic E-state index is 11.9. The van der Waals surface area contributed by atoms with E-state index in [-0.39, 0.29) is 5.03 Å². The van der Waals surface area contributed by atoms with Crippen molar-refractivity contribution < 1.29 is 8.42 Å². The number of anilines is 1. The van der Waals surface area contributed by atoms with Crippen molar-refractivity contribution in [2.24, 2.45) is 0 Å². The van der Waals surface area contributed by atoms with Crippen LogP contribution in [0.2, 0.25) is 0 Å². The van der Waals surface area contributed by atoms with Crippen molar-refractivity contribution in [3.05, 3.63) is 36.9 Å². The molecule has 0 aliphatic rings. The van der Waals surface area contributed by atoms with E-state index >= 15 is 0 Å². The van der Waals surface area contributed by atoms with E-state index in [1.807, 2.05) is 0 Å². The van der Waals surface area contributed by atoms with Gasteiger partial charge in [0.25, 0.3) is 10.0 Å². The van der Waals surface area contributed by atoms with Crippen LogP contribution in [0.15, 0.2) is 41.9 Å². The fraction of sp³-hybridized carbons (Fsp3) is 0. The average Bonchev–Trinajstić information content (AvgIpc) is 2.99. The van der Waals surface area contributed by atoms with Crippen molar-refractivity contribution in [3.63, 3.8) is 0 Å². The Morgan fingerprint density at radius 1 is 1.22 bits per heavy atom.